The fourth-order valence-electron chi connectivity index (χ4n) is 2.84. The summed E-state index contributed by atoms with van der Waals surface area (Å²) >= 11 is 3.88. The zero-order chi connectivity index (χ0) is 20.9. The number of thioether (sulfide) groups is 2. The summed E-state index contributed by atoms with van der Waals surface area (Å²) in [5.41, 5.74) is 4.90. The smallest absolute Gasteiger partial charge is 0.0479 e. The van der Waals surface area contributed by atoms with E-state index in [-0.39, 0.29) is 0 Å². The van der Waals surface area contributed by atoms with Gasteiger partial charge in [-0.2, -0.15) is 11.8 Å². The van der Waals surface area contributed by atoms with Gasteiger partial charge < -0.3 is 15.5 Å². The Morgan fingerprint density at radius 1 is 0.862 bits per heavy atom. The van der Waals surface area contributed by atoms with Gasteiger partial charge in [0.15, 0.2) is 0 Å². The van der Waals surface area contributed by atoms with Crippen LogP contribution in [-0.4, -0.2) is 51.0 Å². The van der Waals surface area contributed by atoms with E-state index in [9.17, 15) is 0 Å². The van der Waals surface area contributed by atoms with Crippen molar-refractivity contribution in [1.82, 2.24) is 5.32 Å². The average molecular weight is 430 g/mol. The molecule has 158 valence electrons. The molecule has 2 aromatic rings. The standard InChI is InChI=1S/C24H35N3S2/c1-5-28-18-17-25-15-16-26-23-14-11-21(19-24(23)29-6-2)8-7-20-9-12-22(13-10-20)27(3)4/h7-14,19,25-26H,5-6,15-18H2,1-4H3/b8-7+. The zero-order valence-electron chi connectivity index (χ0n) is 18.2. The molecule has 0 saturated carbocycles. The van der Waals surface area contributed by atoms with Crippen LogP contribution in [0.25, 0.3) is 12.2 Å². The maximum absolute atomic E-state index is 3.59. The van der Waals surface area contributed by atoms with Gasteiger partial charge in [0.2, 0.25) is 0 Å². The lowest BCUT2D eigenvalue weighted by Gasteiger charge is -2.13. The highest BCUT2D eigenvalue weighted by molar-refractivity contribution is 7.99. The van der Waals surface area contributed by atoms with Gasteiger partial charge >= 0.3 is 0 Å². The molecule has 2 rings (SSSR count). The molecule has 0 aliphatic heterocycles. The molecule has 0 radical (unpaired) electrons. The van der Waals surface area contributed by atoms with Crippen LogP contribution in [0.5, 0.6) is 0 Å². The van der Waals surface area contributed by atoms with E-state index < -0.39 is 0 Å². The molecule has 2 N–H and O–H groups in total. The maximum atomic E-state index is 3.59. The Labute approximate surface area is 185 Å². The summed E-state index contributed by atoms with van der Waals surface area (Å²) in [7, 11) is 4.13. The van der Waals surface area contributed by atoms with Gasteiger partial charge in [-0.05, 0) is 46.9 Å². The third-order valence-corrected chi connectivity index (χ3v) is 6.27. The molecule has 2 aromatic carbocycles. The van der Waals surface area contributed by atoms with Crippen molar-refractivity contribution < 1.29 is 0 Å². The van der Waals surface area contributed by atoms with Crippen LogP contribution in [-0.2, 0) is 0 Å². The summed E-state index contributed by atoms with van der Waals surface area (Å²) in [6.45, 7) is 7.43. The second kappa shape index (κ2) is 13.6. The van der Waals surface area contributed by atoms with Gasteiger partial charge in [-0.15, -0.1) is 11.8 Å². The molecule has 29 heavy (non-hydrogen) atoms. The molecule has 0 amide bonds. The van der Waals surface area contributed by atoms with Gasteiger partial charge in [0, 0.05) is 55.8 Å². The molecular formula is C24H35N3S2. The van der Waals surface area contributed by atoms with Crippen molar-refractivity contribution in [3.63, 3.8) is 0 Å². The van der Waals surface area contributed by atoms with Crippen molar-refractivity contribution in [3.8, 4) is 0 Å². The van der Waals surface area contributed by atoms with Gasteiger partial charge in [0.25, 0.3) is 0 Å². The Morgan fingerprint density at radius 2 is 1.59 bits per heavy atom. The van der Waals surface area contributed by atoms with Crippen molar-refractivity contribution in [2.45, 2.75) is 18.7 Å². The summed E-state index contributed by atoms with van der Waals surface area (Å²) in [5.74, 6) is 3.45. The second-order valence-electron chi connectivity index (χ2n) is 6.88. The minimum absolute atomic E-state index is 0.946. The van der Waals surface area contributed by atoms with E-state index in [1.165, 1.54) is 38.9 Å². The molecule has 3 nitrogen and oxygen atoms in total. The number of hydrogen-bond acceptors (Lipinski definition) is 5. The van der Waals surface area contributed by atoms with Crippen LogP contribution in [0.4, 0.5) is 11.4 Å². The number of nitrogens with zero attached hydrogens (tertiary/aromatic N) is 1. The van der Waals surface area contributed by atoms with E-state index in [1.54, 1.807) is 0 Å². The Bertz CT molecular complexity index is 742. The van der Waals surface area contributed by atoms with Crippen molar-refractivity contribution in [3.05, 3.63) is 53.6 Å². The van der Waals surface area contributed by atoms with E-state index >= 15 is 0 Å². The lowest BCUT2D eigenvalue weighted by molar-refractivity contribution is 0.743. The Morgan fingerprint density at radius 3 is 2.28 bits per heavy atom. The Kier molecular flexibility index (Phi) is 11.1. The normalized spacial score (nSPS) is 11.2. The molecule has 0 fully saturated rings. The molecule has 0 atom stereocenters. The lowest BCUT2D eigenvalue weighted by atomic mass is 10.1. The predicted molar refractivity (Wildman–Crippen MR) is 137 cm³/mol. The Balaban J connectivity index is 1.93. The number of nitrogens with one attached hydrogen (secondary N) is 2. The van der Waals surface area contributed by atoms with Crippen molar-refractivity contribution in [2.24, 2.45) is 0 Å². The average Bonchev–Trinajstić information content (AvgIpc) is 2.73. The highest BCUT2D eigenvalue weighted by atomic mass is 32.2. The lowest BCUT2D eigenvalue weighted by Crippen LogP contribution is -2.24. The van der Waals surface area contributed by atoms with Crippen molar-refractivity contribution in [2.75, 3.05) is 61.2 Å². The molecule has 0 unspecified atom stereocenters. The first kappa shape index (κ1) is 23.7. The quantitative estimate of drug-likeness (QED) is 0.239. The topological polar surface area (TPSA) is 27.3 Å². The summed E-state index contributed by atoms with van der Waals surface area (Å²) in [6, 6.07) is 15.3. The molecule has 0 aromatic heterocycles. The van der Waals surface area contributed by atoms with Crippen molar-refractivity contribution in [1.29, 1.82) is 0 Å². The SMILES string of the molecule is CCSCCNCCNc1ccc(/C=C/c2ccc(N(C)C)cc2)cc1SCC. The summed E-state index contributed by atoms with van der Waals surface area (Å²) in [4.78, 5) is 3.44. The monoisotopic (exact) mass is 429 g/mol. The van der Waals surface area contributed by atoms with Crippen LogP contribution in [0.2, 0.25) is 0 Å². The first-order valence-electron chi connectivity index (χ1n) is 10.4. The first-order valence-corrected chi connectivity index (χ1v) is 12.5. The van der Waals surface area contributed by atoms with Gasteiger partial charge in [-0.25, -0.2) is 0 Å². The largest absolute Gasteiger partial charge is 0.383 e. The van der Waals surface area contributed by atoms with Gasteiger partial charge in [0.05, 0.1) is 0 Å². The first-order chi connectivity index (χ1) is 14.1. The number of anilines is 2. The summed E-state index contributed by atoms with van der Waals surface area (Å²) in [6.07, 6.45) is 4.38. The van der Waals surface area contributed by atoms with Crippen molar-refractivity contribution >= 4 is 47.1 Å². The van der Waals surface area contributed by atoms with Gasteiger partial charge in [0.1, 0.15) is 0 Å². The van der Waals surface area contributed by atoms with Crippen LogP contribution in [0.1, 0.15) is 25.0 Å². The molecule has 0 heterocycles. The third-order valence-electron chi connectivity index (χ3n) is 4.43. The van der Waals surface area contributed by atoms with E-state index in [2.05, 4.69) is 98.1 Å². The van der Waals surface area contributed by atoms with Crippen LogP contribution >= 0.6 is 23.5 Å². The molecule has 5 heteroatoms. The van der Waals surface area contributed by atoms with E-state index in [1.807, 2.05) is 23.5 Å². The minimum Gasteiger partial charge on any atom is -0.383 e. The highest BCUT2D eigenvalue weighted by Gasteiger charge is 2.03. The minimum atomic E-state index is 0.946. The Hall–Kier alpha value is -1.56. The van der Waals surface area contributed by atoms with E-state index in [4.69, 9.17) is 0 Å². The van der Waals surface area contributed by atoms with E-state index in [0.29, 0.717) is 0 Å². The summed E-state index contributed by atoms with van der Waals surface area (Å²) < 4.78 is 0. The van der Waals surface area contributed by atoms with Gasteiger partial charge in [-0.3, -0.25) is 0 Å². The molecule has 0 bridgehead atoms. The molecule has 0 aliphatic rings. The molecule has 0 spiro atoms. The third kappa shape index (κ3) is 8.77. The van der Waals surface area contributed by atoms with Crippen LogP contribution in [0.15, 0.2) is 47.4 Å². The number of benzene rings is 2. The van der Waals surface area contributed by atoms with E-state index in [0.717, 1.165) is 25.4 Å². The van der Waals surface area contributed by atoms with Crippen LogP contribution in [0, 0.1) is 0 Å². The second-order valence-corrected chi connectivity index (χ2v) is 9.58. The van der Waals surface area contributed by atoms with Gasteiger partial charge in [-0.1, -0.05) is 44.2 Å². The summed E-state index contributed by atoms with van der Waals surface area (Å²) in [5, 5.41) is 7.09. The molecular weight excluding hydrogens is 394 g/mol. The van der Waals surface area contributed by atoms with Crippen LogP contribution in [0.3, 0.4) is 0 Å². The molecule has 0 aliphatic carbocycles. The maximum Gasteiger partial charge on any atom is 0.0479 e. The van der Waals surface area contributed by atoms with Crippen LogP contribution < -0.4 is 15.5 Å². The highest BCUT2D eigenvalue weighted by Crippen LogP contribution is 2.29. The fourth-order valence-corrected chi connectivity index (χ4v) is 4.24. The number of hydrogen-bond donors (Lipinski definition) is 2. The molecule has 0 saturated heterocycles. The predicted octanol–water partition coefficient (Wildman–Crippen LogP) is 5.79. The number of rotatable bonds is 13. The zero-order valence-corrected chi connectivity index (χ0v) is 19.8. The fraction of sp³-hybridized carbons (Fsp3) is 0.417.